The molecule has 7 heteroatoms. The summed E-state index contributed by atoms with van der Waals surface area (Å²) in [4.78, 5) is 40.7. The Hall–Kier alpha value is -1.63. The van der Waals surface area contributed by atoms with E-state index in [9.17, 15) is 19.5 Å². The van der Waals surface area contributed by atoms with Gasteiger partial charge in [0, 0.05) is 23.9 Å². The Morgan fingerprint density at radius 1 is 0.760 bits per heavy atom. The number of carboxylic acid groups (broad SMARTS) is 1. The zero-order chi connectivity index (χ0) is 36.5. The average Bonchev–Trinajstić information content (AvgIpc) is 3.41. The molecule has 0 aliphatic heterocycles. The Kier molecular flexibility index (Phi) is 10.2. The largest absolute Gasteiger partial charge is 0.481 e. The molecular weight excluding hydrogens is 624 g/mol. The monoisotopic (exact) mass is 697 g/mol. The summed E-state index contributed by atoms with van der Waals surface area (Å²) in [6.45, 7) is 16.3. The van der Waals surface area contributed by atoms with E-state index < -0.39 is 11.4 Å². The van der Waals surface area contributed by atoms with Crippen LogP contribution in [0.2, 0.25) is 0 Å². The Bertz CT molecular complexity index is 1300. The van der Waals surface area contributed by atoms with E-state index in [0.29, 0.717) is 41.7 Å². The quantitative estimate of drug-likeness (QED) is 0.234. The van der Waals surface area contributed by atoms with Crippen LogP contribution in [0.5, 0.6) is 0 Å². The van der Waals surface area contributed by atoms with Crippen LogP contribution < -0.4 is 5.32 Å². The van der Waals surface area contributed by atoms with E-state index in [2.05, 4.69) is 58.9 Å². The number of nitrogens with one attached hydrogen (secondary N) is 1. The Balaban J connectivity index is 1.14. The molecule has 0 radical (unpaired) electrons. The third kappa shape index (κ3) is 6.48. The van der Waals surface area contributed by atoms with Gasteiger partial charge in [-0.05, 0) is 155 Å². The molecule has 6 rings (SSSR count). The maximum absolute atomic E-state index is 13.8. The lowest BCUT2D eigenvalue weighted by atomic mass is 9.32. The number of aliphatic carboxylic acids is 1. The Morgan fingerprint density at radius 2 is 1.46 bits per heavy atom. The SMILES string of the molecule is CN(C)C1CCC(NC(=O)C[C@]23CCC[C@@H]2[C@H]2CCC4[C@@]5(C)CC[C@H](OC(=O)CC(C)(C)CC(=O)O)C(C)(C)C5CC[C@@]4(C)[C@]2(C)CC3)CC1. The molecule has 2 N–H and O–H groups in total. The highest BCUT2D eigenvalue weighted by molar-refractivity contribution is 5.77. The van der Waals surface area contributed by atoms with Gasteiger partial charge in [-0.2, -0.15) is 0 Å². The van der Waals surface area contributed by atoms with Crippen LogP contribution in [0.15, 0.2) is 0 Å². The molecule has 0 saturated heterocycles. The van der Waals surface area contributed by atoms with Crippen molar-refractivity contribution < 1.29 is 24.2 Å². The van der Waals surface area contributed by atoms with Gasteiger partial charge in [0.1, 0.15) is 6.10 Å². The van der Waals surface area contributed by atoms with Gasteiger partial charge in [-0.25, -0.2) is 0 Å². The summed E-state index contributed by atoms with van der Waals surface area (Å²) in [5.74, 6) is 1.69. The normalized spacial score (nSPS) is 43.9. The fourth-order valence-corrected chi connectivity index (χ4v) is 14.6. The van der Waals surface area contributed by atoms with E-state index in [0.717, 1.165) is 32.1 Å². The first-order valence-electron chi connectivity index (χ1n) is 20.6. The second-order valence-electron chi connectivity index (χ2n) is 21.0. The summed E-state index contributed by atoms with van der Waals surface area (Å²) >= 11 is 0. The predicted molar refractivity (Wildman–Crippen MR) is 198 cm³/mol. The smallest absolute Gasteiger partial charge is 0.306 e. The van der Waals surface area contributed by atoms with Crippen LogP contribution in [0.3, 0.4) is 0 Å². The number of rotatable bonds is 9. The molecule has 6 aliphatic rings. The van der Waals surface area contributed by atoms with Crippen LogP contribution in [-0.4, -0.2) is 60.1 Å². The molecule has 284 valence electrons. The molecule has 7 nitrogen and oxygen atoms in total. The van der Waals surface area contributed by atoms with Gasteiger partial charge in [0.05, 0.1) is 12.8 Å². The first kappa shape index (κ1) is 38.1. The minimum absolute atomic E-state index is 0.0375. The molecule has 1 amide bonds. The molecule has 0 heterocycles. The third-order valence-corrected chi connectivity index (χ3v) is 17.3. The zero-order valence-corrected chi connectivity index (χ0v) is 33.3. The summed E-state index contributed by atoms with van der Waals surface area (Å²) in [6, 6.07) is 1.000. The van der Waals surface area contributed by atoms with E-state index in [1.54, 1.807) is 0 Å². The van der Waals surface area contributed by atoms with Crippen LogP contribution in [0.25, 0.3) is 0 Å². The summed E-state index contributed by atoms with van der Waals surface area (Å²) in [6.07, 6.45) is 18.5. The number of fused-ring (bicyclic) bond motifs is 7. The van der Waals surface area contributed by atoms with Gasteiger partial charge in [0.2, 0.25) is 5.91 Å². The lowest BCUT2D eigenvalue weighted by molar-refractivity contribution is -0.248. The minimum atomic E-state index is -0.874. The first-order chi connectivity index (χ1) is 23.3. The van der Waals surface area contributed by atoms with Crippen molar-refractivity contribution in [1.29, 1.82) is 0 Å². The van der Waals surface area contributed by atoms with Crippen molar-refractivity contribution in [2.75, 3.05) is 14.1 Å². The standard InChI is InChI=1S/C43H72N2O5/c1-38(2,26-36(47)48)27-37(49)50-34-19-21-40(5)32(39(34,3)4)18-22-42(7)33(40)17-16-30-31-11-10-20-43(31,24-23-41(30,42)6)25-35(46)44-28-12-14-29(15-13-28)45(8)9/h28-34H,10-27H2,1-9H3,(H,44,46)(H,47,48)/t28?,29?,30-,31-,32?,33?,34+,40+,41-,42-,43-/m1/s1. The summed E-state index contributed by atoms with van der Waals surface area (Å²) in [5.41, 5.74) is 0.179. The number of esters is 1. The molecule has 0 spiro atoms. The van der Waals surface area contributed by atoms with Crippen molar-refractivity contribution in [3.63, 3.8) is 0 Å². The van der Waals surface area contributed by atoms with Crippen molar-refractivity contribution in [3.8, 4) is 0 Å². The first-order valence-corrected chi connectivity index (χ1v) is 20.6. The molecule has 6 aliphatic carbocycles. The maximum atomic E-state index is 13.8. The second-order valence-corrected chi connectivity index (χ2v) is 21.0. The highest BCUT2D eigenvalue weighted by Gasteiger charge is 2.70. The van der Waals surface area contributed by atoms with Crippen LogP contribution >= 0.6 is 0 Å². The summed E-state index contributed by atoms with van der Waals surface area (Å²) in [7, 11) is 4.36. The van der Waals surface area contributed by atoms with Crippen molar-refractivity contribution in [3.05, 3.63) is 0 Å². The van der Waals surface area contributed by atoms with E-state index in [1.165, 1.54) is 70.6 Å². The third-order valence-electron chi connectivity index (χ3n) is 17.3. The molecule has 0 bridgehead atoms. The van der Waals surface area contributed by atoms with Crippen molar-refractivity contribution in [2.24, 2.45) is 56.2 Å². The number of hydrogen-bond acceptors (Lipinski definition) is 5. The Labute approximate surface area is 304 Å². The number of carbonyl (C=O) groups is 3. The van der Waals surface area contributed by atoms with Crippen LogP contribution in [0.4, 0.5) is 0 Å². The van der Waals surface area contributed by atoms with E-state index in [-0.39, 0.29) is 52.0 Å². The average molecular weight is 697 g/mol. The molecule has 6 fully saturated rings. The van der Waals surface area contributed by atoms with Crippen molar-refractivity contribution in [2.45, 2.75) is 182 Å². The number of amides is 1. The maximum Gasteiger partial charge on any atom is 0.306 e. The molecule has 50 heavy (non-hydrogen) atoms. The van der Waals surface area contributed by atoms with Gasteiger partial charge in [-0.3, -0.25) is 14.4 Å². The van der Waals surface area contributed by atoms with Gasteiger partial charge in [0.15, 0.2) is 0 Å². The van der Waals surface area contributed by atoms with E-state index >= 15 is 0 Å². The molecular formula is C43H72N2O5. The number of carboxylic acids is 1. The van der Waals surface area contributed by atoms with Gasteiger partial charge in [0.25, 0.3) is 0 Å². The number of carbonyl (C=O) groups excluding carboxylic acids is 2. The number of hydrogen-bond donors (Lipinski definition) is 2. The summed E-state index contributed by atoms with van der Waals surface area (Å²) < 4.78 is 6.27. The van der Waals surface area contributed by atoms with Gasteiger partial charge in [-0.1, -0.05) is 54.9 Å². The highest BCUT2D eigenvalue weighted by atomic mass is 16.5. The lowest BCUT2D eigenvalue weighted by Gasteiger charge is -2.72. The fourth-order valence-electron chi connectivity index (χ4n) is 14.6. The van der Waals surface area contributed by atoms with Crippen LogP contribution in [0, 0.1) is 56.2 Å². The van der Waals surface area contributed by atoms with E-state index in [4.69, 9.17) is 4.74 Å². The topological polar surface area (TPSA) is 95.9 Å². The van der Waals surface area contributed by atoms with E-state index in [1.807, 2.05) is 13.8 Å². The minimum Gasteiger partial charge on any atom is -0.481 e. The zero-order valence-electron chi connectivity index (χ0n) is 33.3. The predicted octanol–water partition coefficient (Wildman–Crippen LogP) is 9.02. The van der Waals surface area contributed by atoms with Crippen molar-refractivity contribution in [1.82, 2.24) is 10.2 Å². The Morgan fingerprint density at radius 3 is 2.12 bits per heavy atom. The number of ether oxygens (including phenoxy) is 1. The van der Waals surface area contributed by atoms with Crippen LogP contribution in [-0.2, 0) is 19.1 Å². The van der Waals surface area contributed by atoms with Gasteiger partial charge < -0.3 is 20.1 Å². The lowest BCUT2D eigenvalue weighted by Crippen LogP contribution is -2.66. The van der Waals surface area contributed by atoms with Crippen LogP contribution in [0.1, 0.15) is 164 Å². The molecule has 0 aromatic carbocycles. The number of nitrogens with zero attached hydrogens (tertiary/aromatic N) is 1. The molecule has 9 atom stereocenters. The van der Waals surface area contributed by atoms with Gasteiger partial charge >= 0.3 is 11.9 Å². The molecule has 0 aromatic rings. The fraction of sp³-hybridized carbons (Fsp3) is 0.930. The molecule has 0 aromatic heterocycles. The van der Waals surface area contributed by atoms with Gasteiger partial charge in [-0.15, -0.1) is 0 Å². The van der Waals surface area contributed by atoms with Crippen molar-refractivity contribution >= 4 is 17.8 Å². The summed E-state index contributed by atoms with van der Waals surface area (Å²) in [5, 5.41) is 12.9. The highest BCUT2D eigenvalue weighted by Crippen LogP contribution is 2.77. The molecule has 2 unspecified atom stereocenters. The molecule has 6 saturated carbocycles. The second kappa shape index (κ2) is 13.3.